The van der Waals surface area contributed by atoms with Gasteiger partial charge in [-0.05, 0) is 62.7 Å². The number of nitrogens with two attached hydrogens (primary N) is 2. The van der Waals surface area contributed by atoms with Gasteiger partial charge in [0, 0.05) is 5.90 Å². The van der Waals surface area contributed by atoms with Gasteiger partial charge in [-0.1, -0.05) is 121 Å². The van der Waals surface area contributed by atoms with Crippen molar-refractivity contribution in [3.8, 4) is 0 Å². The fourth-order valence-corrected chi connectivity index (χ4v) is 18.9. The zero-order chi connectivity index (χ0) is 38.4. The van der Waals surface area contributed by atoms with Crippen LogP contribution in [0.5, 0.6) is 0 Å². The van der Waals surface area contributed by atoms with Crippen molar-refractivity contribution in [3.63, 3.8) is 0 Å². The largest absolute Gasteiger partial charge is 0.462 e. The summed E-state index contributed by atoms with van der Waals surface area (Å²) in [5.74, 6) is -1.17. The molecule has 276 valence electrons. The van der Waals surface area contributed by atoms with Crippen LogP contribution in [0.4, 0.5) is 9.59 Å². The van der Waals surface area contributed by atoms with E-state index in [1.165, 1.54) is 0 Å². The van der Waals surface area contributed by atoms with E-state index in [1.807, 2.05) is 121 Å². The summed E-state index contributed by atoms with van der Waals surface area (Å²) in [5.41, 5.74) is 15.9. The summed E-state index contributed by atoms with van der Waals surface area (Å²) in [4.78, 5) is 53.4. The molecule has 0 saturated heterocycles. The first kappa shape index (κ1) is 40.1. The minimum Gasteiger partial charge on any atom is -0.462 e. The monoisotopic (exact) mass is 754 g/mol. The Bertz CT molecular complexity index is 1870. The van der Waals surface area contributed by atoms with E-state index in [4.69, 9.17) is 20.9 Å². The van der Waals surface area contributed by atoms with E-state index < -0.39 is 37.8 Å². The van der Waals surface area contributed by atoms with Crippen LogP contribution in [0, 0.1) is 0 Å². The number of hydrogen-bond donors (Lipinski definition) is 4. The van der Waals surface area contributed by atoms with Crippen LogP contribution < -0.4 is 43.5 Å². The number of nitrogens with zero attached hydrogens (tertiary/aromatic N) is 2. The Morgan fingerprint density at radius 3 is 1.02 bits per heavy atom. The fourth-order valence-electron chi connectivity index (χ4n) is 6.27. The van der Waals surface area contributed by atoms with E-state index in [2.05, 4.69) is 21.1 Å². The zero-order valence-corrected chi connectivity index (χ0v) is 31.9. The number of hydrogen-bond acceptors (Lipinski definition) is 8. The summed E-state index contributed by atoms with van der Waals surface area (Å²) >= 11 is 0. The van der Waals surface area contributed by atoms with Gasteiger partial charge in [0.2, 0.25) is 0 Å². The molecule has 0 radical (unpaired) electrons. The smallest absolute Gasteiger partial charge is 0.340 e. The lowest BCUT2D eigenvalue weighted by atomic mass is 10.3. The first-order valence-electron chi connectivity index (χ1n) is 16.8. The lowest BCUT2D eigenvalue weighted by Crippen LogP contribution is -2.40. The molecular weight excluding hydrogens is 710 g/mol. The number of primary amides is 2. The molecule has 0 aliphatic carbocycles. The van der Waals surface area contributed by atoms with Crippen LogP contribution in [-0.2, 0) is 19.1 Å². The quantitative estimate of drug-likeness (QED) is 0.0656. The molecule has 0 aliphatic heterocycles. The molecule has 4 aromatic rings. The van der Waals surface area contributed by atoms with Crippen LogP contribution in [0.3, 0.4) is 0 Å². The first-order chi connectivity index (χ1) is 25.5. The normalized spacial score (nSPS) is 11.9. The van der Waals surface area contributed by atoms with Crippen molar-refractivity contribution in [1.29, 1.82) is 0 Å². The van der Waals surface area contributed by atoms with Crippen LogP contribution in [-0.4, -0.2) is 65.1 Å². The van der Waals surface area contributed by atoms with Crippen molar-refractivity contribution >= 4 is 81.0 Å². The Kier molecular flexibility index (Phi) is 14.1. The Labute approximate surface area is 309 Å². The van der Waals surface area contributed by atoms with Gasteiger partial charge >= 0.3 is 24.0 Å². The molecule has 14 heteroatoms. The van der Waals surface area contributed by atoms with Gasteiger partial charge in [0.1, 0.15) is 0 Å². The third-order valence-corrected chi connectivity index (χ3v) is 18.9. The van der Waals surface area contributed by atoms with E-state index >= 15 is 0 Å². The van der Waals surface area contributed by atoms with E-state index in [1.54, 1.807) is 27.7 Å². The maximum atomic E-state index is 14.7. The van der Waals surface area contributed by atoms with E-state index in [9.17, 15) is 19.2 Å². The second-order valence-corrected chi connectivity index (χ2v) is 18.9. The maximum absolute atomic E-state index is 14.7. The van der Waals surface area contributed by atoms with Gasteiger partial charge in [-0.15, -0.1) is 0 Å². The van der Waals surface area contributed by atoms with Crippen molar-refractivity contribution in [2.45, 2.75) is 27.7 Å². The third kappa shape index (κ3) is 9.03. The predicted molar refractivity (Wildman–Crippen MR) is 218 cm³/mol. The fraction of sp³-hybridized carbons (Fsp3) is 0.179. The molecule has 0 bridgehead atoms. The topological polar surface area (TPSA) is 188 Å². The summed E-state index contributed by atoms with van der Waals surface area (Å²) in [5, 5.41) is 12.1. The second kappa shape index (κ2) is 18.7. The minimum absolute atomic E-state index is 0.0465. The van der Waals surface area contributed by atoms with Crippen molar-refractivity contribution in [1.82, 2.24) is 10.9 Å². The molecule has 4 aromatic carbocycles. The first-order valence-corrected chi connectivity index (χ1v) is 20.8. The number of ether oxygens (including phenoxy) is 2. The minimum atomic E-state index is -3.38. The summed E-state index contributed by atoms with van der Waals surface area (Å²) in [6.07, 6.45) is 0. The highest BCUT2D eigenvalue weighted by molar-refractivity contribution is 8.06. The number of hydrazone groups is 2. The summed E-state index contributed by atoms with van der Waals surface area (Å²) < 4.78 is 11.6. The number of amides is 4. The van der Waals surface area contributed by atoms with E-state index in [0.29, 0.717) is 0 Å². The molecule has 0 aromatic heterocycles. The number of nitrogens with one attached hydrogen (secondary N) is 2. The molecule has 0 atom stereocenters. The molecule has 4 rings (SSSR count). The second-order valence-electron chi connectivity index (χ2n) is 11.6. The molecule has 0 heterocycles. The standard InChI is InChI=1S/C39H44N6O6P2/c1-5-50-36(46)34(28(3)42-44-38(40)48)52(30-19-11-7-12-20-30,31-21-13-8-14-22-31)27-53(32-23-15-9-16-24-32,33-25-17-10-18-26-33)35(37(47)51-6-2)29(4)43-45-39(41)49/h7-26H,5-6,27H2,1-4H3,(H3,40,44,48)(H3,41,45,49)/b42-28+,43-29+. The number of carbonyl (C=O) groups is 4. The highest BCUT2D eigenvalue weighted by Crippen LogP contribution is 2.63. The molecule has 0 spiro atoms. The number of carbonyl (C=O) groups excluding carboxylic acids is 4. The molecule has 0 unspecified atom stereocenters. The lowest BCUT2D eigenvalue weighted by molar-refractivity contribution is -0.135. The van der Waals surface area contributed by atoms with Crippen molar-refractivity contribution in [2.75, 3.05) is 19.1 Å². The van der Waals surface area contributed by atoms with Crippen LogP contribution in [0.2, 0.25) is 0 Å². The number of rotatable bonds is 14. The van der Waals surface area contributed by atoms with Crippen LogP contribution in [0.1, 0.15) is 27.7 Å². The van der Waals surface area contributed by atoms with E-state index in [-0.39, 0.29) is 41.1 Å². The summed E-state index contributed by atoms with van der Waals surface area (Å²) in [6, 6.07) is 36.3. The molecular formula is C39H44N6O6P2. The highest BCUT2D eigenvalue weighted by atomic mass is 31.2. The van der Waals surface area contributed by atoms with Gasteiger partial charge in [-0.3, -0.25) is 0 Å². The molecule has 6 N–H and O–H groups in total. The Balaban J connectivity index is 2.51. The molecule has 0 aliphatic rings. The van der Waals surface area contributed by atoms with Gasteiger partial charge in [-0.25, -0.2) is 30.0 Å². The Hall–Kier alpha value is -5.70. The van der Waals surface area contributed by atoms with Gasteiger partial charge in [-0.2, -0.15) is 10.2 Å². The molecule has 12 nitrogen and oxygen atoms in total. The lowest BCUT2D eigenvalue weighted by Gasteiger charge is -2.40. The Morgan fingerprint density at radius 1 is 0.528 bits per heavy atom. The Morgan fingerprint density at radius 2 is 0.792 bits per heavy atom. The molecule has 0 saturated carbocycles. The zero-order valence-electron chi connectivity index (χ0n) is 30.1. The average molecular weight is 755 g/mol. The van der Waals surface area contributed by atoms with Gasteiger partial charge in [0.15, 0.2) is 0 Å². The van der Waals surface area contributed by atoms with Gasteiger partial charge in [0.05, 0.1) is 35.2 Å². The van der Waals surface area contributed by atoms with Gasteiger partial charge < -0.3 is 20.9 Å². The van der Waals surface area contributed by atoms with Gasteiger partial charge in [0.25, 0.3) is 0 Å². The third-order valence-electron chi connectivity index (χ3n) is 8.27. The predicted octanol–water partition coefficient (Wildman–Crippen LogP) is 3.84. The number of benzene rings is 4. The molecule has 0 fully saturated rings. The van der Waals surface area contributed by atoms with Crippen molar-refractivity contribution < 1.29 is 28.7 Å². The van der Waals surface area contributed by atoms with Crippen LogP contribution in [0.25, 0.3) is 0 Å². The summed E-state index contributed by atoms with van der Waals surface area (Å²) in [6.45, 7) is -0.0222. The number of esters is 2. The molecule has 53 heavy (non-hydrogen) atoms. The molecule has 4 amide bonds. The van der Waals surface area contributed by atoms with Crippen molar-refractivity contribution in [3.05, 3.63) is 121 Å². The maximum Gasteiger partial charge on any atom is 0.340 e. The average Bonchev–Trinajstić information content (AvgIpc) is 3.17. The number of urea groups is 2. The summed E-state index contributed by atoms with van der Waals surface area (Å²) in [7, 11) is 0. The van der Waals surface area contributed by atoms with E-state index in [0.717, 1.165) is 21.2 Å². The van der Waals surface area contributed by atoms with Crippen molar-refractivity contribution in [2.24, 2.45) is 21.7 Å². The van der Waals surface area contributed by atoms with Crippen LogP contribution >= 0.6 is 13.8 Å². The highest BCUT2D eigenvalue weighted by Gasteiger charge is 2.43. The van der Waals surface area contributed by atoms with Crippen LogP contribution in [0.15, 0.2) is 132 Å². The SMILES string of the molecule is CCOC(=O)C(/C(C)=N/NC(N)=O)=P(CP(=C(C(=O)OCC)/C(C)=N/NC(N)=O)(c1ccccc1)c1ccccc1)(c1ccccc1)c1ccccc1.